The van der Waals surface area contributed by atoms with Gasteiger partial charge >= 0.3 is 7.12 Å². The van der Waals surface area contributed by atoms with Crippen LogP contribution >= 0.6 is 0 Å². The number of aryl methyl sites for hydroxylation is 2. The van der Waals surface area contributed by atoms with Gasteiger partial charge in [0.2, 0.25) is 0 Å². The second kappa shape index (κ2) is 3.64. The summed E-state index contributed by atoms with van der Waals surface area (Å²) in [5.41, 5.74) is 3.47. The Bertz CT molecular complexity index is 511. The highest BCUT2D eigenvalue weighted by atomic mass is 16.4. The van der Waals surface area contributed by atoms with Gasteiger partial charge in [0.1, 0.15) is 0 Å². The molecule has 0 aliphatic rings. The number of fused-ring (bicyclic) bond motifs is 1. The summed E-state index contributed by atoms with van der Waals surface area (Å²) in [6.45, 7) is 3.90. The van der Waals surface area contributed by atoms with Gasteiger partial charge < -0.3 is 10.0 Å². The lowest BCUT2D eigenvalue weighted by molar-refractivity contribution is 0.426. The zero-order valence-corrected chi connectivity index (χ0v) is 8.73. The molecule has 4 heteroatoms. The van der Waals surface area contributed by atoms with E-state index >= 15 is 0 Å². The molecule has 0 spiro atoms. The van der Waals surface area contributed by atoms with Crippen LogP contribution in [0.3, 0.4) is 0 Å². The van der Waals surface area contributed by atoms with Gasteiger partial charge in [-0.2, -0.15) is 0 Å². The molecule has 1 aromatic carbocycles. The van der Waals surface area contributed by atoms with Gasteiger partial charge in [0, 0.05) is 11.6 Å². The van der Waals surface area contributed by atoms with Gasteiger partial charge in [-0.25, -0.2) is 0 Å². The Morgan fingerprint density at radius 1 is 1.13 bits per heavy atom. The van der Waals surface area contributed by atoms with Crippen LogP contribution in [0.1, 0.15) is 11.1 Å². The number of nitrogens with zero attached hydrogens (tertiary/aromatic N) is 1. The third-order valence-electron chi connectivity index (χ3n) is 2.57. The predicted octanol–water partition coefficient (Wildman–Crippen LogP) is 0.531. The van der Waals surface area contributed by atoms with Gasteiger partial charge in [-0.3, -0.25) is 4.98 Å². The first kappa shape index (κ1) is 10.1. The van der Waals surface area contributed by atoms with Crippen LogP contribution in [-0.4, -0.2) is 22.2 Å². The number of aromatic nitrogens is 1. The number of pyridine rings is 1. The number of benzene rings is 1. The van der Waals surface area contributed by atoms with Crippen LogP contribution in [0, 0.1) is 13.8 Å². The molecule has 1 aromatic heterocycles. The highest BCUT2D eigenvalue weighted by Gasteiger charge is 2.13. The largest absolute Gasteiger partial charge is 0.488 e. The molecule has 3 nitrogen and oxygen atoms in total. The molecule has 2 N–H and O–H groups in total. The number of rotatable bonds is 1. The van der Waals surface area contributed by atoms with Crippen molar-refractivity contribution in [3.05, 3.63) is 35.5 Å². The summed E-state index contributed by atoms with van der Waals surface area (Å²) < 4.78 is 0. The molecule has 2 aromatic rings. The molecule has 0 fully saturated rings. The smallest absolute Gasteiger partial charge is 0.423 e. The van der Waals surface area contributed by atoms with E-state index in [0.717, 1.165) is 22.0 Å². The van der Waals surface area contributed by atoms with Crippen molar-refractivity contribution in [3.8, 4) is 0 Å². The fraction of sp³-hybridized carbons (Fsp3) is 0.182. The SMILES string of the molecule is Cc1ccnc2c(C)cc(B(O)O)cc12. The Kier molecular flexibility index (Phi) is 2.46. The van der Waals surface area contributed by atoms with Crippen LogP contribution in [0.25, 0.3) is 10.9 Å². The van der Waals surface area contributed by atoms with Gasteiger partial charge in [-0.15, -0.1) is 0 Å². The highest BCUT2D eigenvalue weighted by Crippen LogP contribution is 2.17. The van der Waals surface area contributed by atoms with Gasteiger partial charge in [-0.1, -0.05) is 12.1 Å². The maximum Gasteiger partial charge on any atom is 0.488 e. The van der Waals surface area contributed by atoms with E-state index in [9.17, 15) is 0 Å². The Labute approximate surface area is 88.5 Å². The summed E-state index contributed by atoms with van der Waals surface area (Å²) in [5, 5.41) is 19.2. The molecule has 0 bridgehead atoms. The molecule has 15 heavy (non-hydrogen) atoms. The first-order valence-electron chi connectivity index (χ1n) is 4.81. The standard InChI is InChI=1S/C11H12BNO2/c1-7-3-4-13-11-8(2)5-9(12(14)15)6-10(7)11/h3-6,14-15H,1-2H3. The summed E-state index contributed by atoms with van der Waals surface area (Å²) >= 11 is 0. The van der Waals surface area contributed by atoms with Crippen molar-refractivity contribution in [1.29, 1.82) is 0 Å². The normalized spacial score (nSPS) is 10.7. The minimum Gasteiger partial charge on any atom is -0.423 e. The average Bonchev–Trinajstić information content (AvgIpc) is 2.19. The molecule has 0 radical (unpaired) electrons. The zero-order valence-electron chi connectivity index (χ0n) is 8.73. The molecule has 0 saturated heterocycles. The molecule has 0 unspecified atom stereocenters. The molecule has 0 saturated carbocycles. The van der Waals surface area contributed by atoms with E-state index < -0.39 is 7.12 Å². The van der Waals surface area contributed by atoms with E-state index in [2.05, 4.69) is 4.98 Å². The molecular weight excluding hydrogens is 189 g/mol. The highest BCUT2D eigenvalue weighted by molar-refractivity contribution is 6.59. The first-order valence-corrected chi connectivity index (χ1v) is 4.81. The summed E-state index contributed by atoms with van der Waals surface area (Å²) in [6.07, 6.45) is 1.76. The minimum absolute atomic E-state index is 0.510. The molecule has 76 valence electrons. The first-order chi connectivity index (χ1) is 7.09. The lowest BCUT2D eigenvalue weighted by Gasteiger charge is -2.07. The van der Waals surface area contributed by atoms with Crippen molar-refractivity contribution < 1.29 is 10.0 Å². The van der Waals surface area contributed by atoms with Crippen molar-refractivity contribution in [1.82, 2.24) is 4.98 Å². The zero-order chi connectivity index (χ0) is 11.0. The van der Waals surface area contributed by atoms with E-state index in [-0.39, 0.29) is 0 Å². The number of hydrogen-bond donors (Lipinski definition) is 2. The molecule has 0 aliphatic carbocycles. The third-order valence-corrected chi connectivity index (χ3v) is 2.57. The maximum atomic E-state index is 9.13. The van der Waals surface area contributed by atoms with Crippen molar-refractivity contribution in [2.24, 2.45) is 0 Å². The quantitative estimate of drug-likeness (QED) is 0.661. The molecular formula is C11H12BNO2. The second-order valence-electron chi connectivity index (χ2n) is 3.74. The fourth-order valence-electron chi connectivity index (χ4n) is 1.74. The third kappa shape index (κ3) is 1.74. The van der Waals surface area contributed by atoms with Crippen LogP contribution in [-0.2, 0) is 0 Å². The van der Waals surface area contributed by atoms with Crippen molar-refractivity contribution in [2.75, 3.05) is 0 Å². The van der Waals surface area contributed by atoms with Crippen LogP contribution in [0.5, 0.6) is 0 Å². The predicted molar refractivity (Wildman–Crippen MR) is 61.0 cm³/mol. The monoisotopic (exact) mass is 201 g/mol. The van der Waals surface area contributed by atoms with E-state index in [1.165, 1.54) is 0 Å². The summed E-state index contributed by atoms with van der Waals surface area (Å²) in [7, 11) is -1.42. The fourth-order valence-corrected chi connectivity index (χ4v) is 1.74. The van der Waals surface area contributed by atoms with Crippen LogP contribution < -0.4 is 5.46 Å². The van der Waals surface area contributed by atoms with Gasteiger partial charge in [0.25, 0.3) is 0 Å². The molecule has 0 amide bonds. The van der Waals surface area contributed by atoms with E-state index in [4.69, 9.17) is 10.0 Å². The van der Waals surface area contributed by atoms with Crippen LogP contribution in [0.2, 0.25) is 0 Å². The van der Waals surface area contributed by atoms with Gasteiger partial charge in [0.05, 0.1) is 5.52 Å². The van der Waals surface area contributed by atoms with Crippen molar-refractivity contribution >= 4 is 23.5 Å². The Morgan fingerprint density at radius 3 is 2.53 bits per heavy atom. The van der Waals surface area contributed by atoms with E-state index in [1.807, 2.05) is 19.9 Å². The lowest BCUT2D eigenvalue weighted by Crippen LogP contribution is -2.30. The van der Waals surface area contributed by atoms with Gasteiger partial charge in [0.15, 0.2) is 0 Å². The van der Waals surface area contributed by atoms with Crippen LogP contribution in [0.4, 0.5) is 0 Å². The van der Waals surface area contributed by atoms with Crippen LogP contribution in [0.15, 0.2) is 24.4 Å². The number of hydrogen-bond acceptors (Lipinski definition) is 3. The molecule has 2 rings (SSSR count). The molecule has 0 atom stereocenters. The van der Waals surface area contributed by atoms with Gasteiger partial charge in [-0.05, 0) is 36.5 Å². The summed E-state index contributed by atoms with van der Waals surface area (Å²) in [6, 6.07) is 5.43. The molecule has 0 aliphatic heterocycles. The van der Waals surface area contributed by atoms with Crippen molar-refractivity contribution in [3.63, 3.8) is 0 Å². The van der Waals surface area contributed by atoms with Crippen molar-refractivity contribution in [2.45, 2.75) is 13.8 Å². The average molecular weight is 201 g/mol. The van der Waals surface area contributed by atoms with E-state index in [1.54, 1.807) is 18.3 Å². The summed E-state index contributed by atoms with van der Waals surface area (Å²) in [4.78, 5) is 4.28. The van der Waals surface area contributed by atoms with E-state index in [0.29, 0.717) is 5.46 Å². The minimum atomic E-state index is -1.42. The topological polar surface area (TPSA) is 53.4 Å². The Balaban J connectivity index is 2.80. The Morgan fingerprint density at radius 2 is 1.87 bits per heavy atom. The second-order valence-corrected chi connectivity index (χ2v) is 3.74. The molecule has 1 heterocycles. The Hall–Kier alpha value is -1.39. The maximum absolute atomic E-state index is 9.13. The summed E-state index contributed by atoms with van der Waals surface area (Å²) in [5.74, 6) is 0. The lowest BCUT2D eigenvalue weighted by atomic mass is 9.78.